The number of β-amino-alcohol motifs (C(OH)–C–C–N with tert-alkyl or cyclic N) is 1. The Labute approximate surface area is 181 Å². The fraction of sp³-hybridized carbons (Fsp3) is 0.391. The lowest BCUT2D eigenvalue weighted by Crippen LogP contribution is -2.49. The maximum atomic E-state index is 11.9. The fourth-order valence-corrected chi connectivity index (χ4v) is 3.91. The topological polar surface area (TPSA) is 95.3 Å². The van der Waals surface area contributed by atoms with Crippen LogP contribution in [0.1, 0.15) is 10.4 Å². The molecule has 1 saturated heterocycles. The number of ether oxygens (including phenoxy) is 3. The largest absolute Gasteiger partial charge is 0.495 e. The zero-order valence-corrected chi connectivity index (χ0v) is 17.4. The van der Waals surface area contributed by atoms with Crippen LogP contribution in [0.25, 0.3) is 0 Å². The molecule has 2 aromatic carbocycles. The van der Waals surface area contributed by atoms with E-state index in [4.69, 9.17) is 19.5 Å². The van der Waals surface area contributed by atoms with E-state index < -0.39 is 12.2 Å². The Morgan fingerprint density at radius 2 is 2.00 bits per heavy atom. The molecule has 1 N–H and O–H groups in total. The summed E-state index contributed by atoms with van der Waals surface area (Å²) in [6.45, 7) is 4.00. The smallest absolute Gasteiger partial charge is 0.246 e. The first-order valence-electron chi connectivity index (χ1n) is 10.2. The zero-order chi connectivity index (χ0) is 21.8. The Morgan fingerprint density at radius 1 is 1.23 bits per heavy atom. The summed E-state index contributed by atoms with van der Waals surface area (Å²) in [5.74, 6) is 1.36. The van der Waals surface area contributed by atoms with Gasteiger partial charge in [0.1, 0.15) is 36.0 Å². The number of fused-ring (bicyclic) bond motifs is 1. The molecule has 2 aliphatic rings. The highest BCUT2D eigenvalue weighted by Gasteiger charge is 2.32. The molecule has 0 saturated carbocycles. The van der Waals surface area contributed by atoms with Gasteiger partial charge in [-0.3, -0.25) is 9.69 Å². The molecule has 2 unspecified atom stereocenters. The van der Waals surface area contributed by atoms with Gasteiger partial charge in [-0.2, -0.15) is 5.26 Å². The summed E-state index contributed by atoms with van der Waals surface area (Å²) < 4.78 is 16.5. The Hall–Kier alpha value is -3.28. The highest BCUT2D eigenvalue weighted by Crippen LogP contribution is 2.32. The number of para-hydroxylation sites is 2. The number of aliphatic hydroxyl groups excluding tert-OH is 1. The molecule has 2 aliphatic heterocycles. The minimum atomic E-state index is -1.09. The van der Waals surface area contributed by atoms with Crippen LogP contribution in [0.15, 0.2) is 42.5 Å². The van der Waals surface area contributed by atoms with Crippen molar-refractivity contribution in [1.82, 2.24) is 4.90 Å². The van der Waals surface area contributed by atoms with Gasteiger partial charge in [-0.05, 0) is 24.3 Å². The number of hydrogen-bond donors (Lipinski definition) is 1. The Morgan fingerprint density at radius 3 is 2.74 bits per heavy atom. The second-order valence-electron chi connectivity index (χ2n) is 7.57. The molecule has 31 heavy (non-hydrogen) atoms. The molecule has 1 fully saturated rings. The van der Waals surface area contributed by atoms with Crippen LogP contribution in [0.3, 0.4) is 0 Å². The molecule has 8 nitrogen and oxygen atoms in total. The molecule has 0 spiro atoms. The summed E-state index contributed by atoms with van der Waals surface area (Å²) in [6.07, 6.45) is -1.74. The van der Waals surface area contributed by atoms with E-state index in [9.17, 15) is 9.90 Å². The van der Waals surface area contributed by atoms with E-state index in [0.29, 0.717) is 23.6 Å². The van der Waals surface area contributed by atoms with Gasteiger partial charge in [-0.25, -0.2) is 0 Å². The molecule has 2 aromatic rings. The number of Topliss-reactive ketones (excluding diaryl/α,β-unsaturated/α-hetero) is 1. The van der Waals surface area contributed by atoms with Gasteiger partial charge >= 0.3 is 0 Å². The van der Waals surface area contributed by atoms with Crippen molar-refractivity contribution < 1.29 is 24.1 Å². The van der Waals surface area contributed by atoms with Gasteiger partial charge < -0.3 is 24.2 Å². The number of anilines is 1. The van der Waals surface area contributed by atoms with Crippen molar-refractivity contribution in [2.75, 3.05) is 51.3 Å². The number of piperazine rings is 1. The van der Waals surface area contributed by atoms with Crippen molar-refractivity contribution in [1.29, 1.82) is 5.26 Å². The minimum absolute atomic E-state index is 0.126. The van der Waals surface area contributed by atoms with Gasteiger partial charge in [0.15, 0.2) is 0 Å². The standard InChI is InChI=1S/C23H25N3O5/c1-29-20-5-3-2-4-19(20)26-10-8-25(9-11-26)14-16(27)15-30-17-6-7-18-21(12-17)31-22(13-24)23(18)28/h2-7,12,16,22,27H,8-11,14-15H2,1H3. The van der Waals surface area contributed by atoms with Crippen LogP contribution in [-0.4, -0.2) is 74.4 Å². The van der Waals surface area contributed by atoms with Crippen molar-refractivity contribution in [2.24, 2.45) is 0 Å². The summed E-state index contributed by atoms with van der Waals surface area (Å²) in [6, 6.07) is 14.6. The Bertz CT molecular complexity index is 981. The van der Waals surface area contributed by atoms with Crippen LogP contribution < -0.4 is 19.1 Å². The molecule has 0 aromatic heterocycles. The monoisotopic (exact) mass is 423 g/mol. The van der Waals surface area contributed by atoms with E-state index in [0.717, 1.165) is 37.6 Å². The maximum absolute atomic E-state index is 11.9. The highest BCUT2D eigenvalue weighted by atomic mass is 16.5. The molecule has 162 valence electrons. The van der Waals surface area contributed by atoms with Crippen molar-refractivity contribution in [3.63, 3.8) is 0 Å². The number of carbonyl (C=O) groups excluding carboxylic acids is 1. The van der Waals surface area contributed by atoms with E-state index in [-0.39, 0.29) is 12.4 Å². The number of rotatable bonds is 7. The van der Waals surface area contributed by atoms with Crippen molar-refractivity contribution in [3.05, 3.63) is 48.0 Å². The van der Waals surface area contributed by atoms with Crippen LogP contribution in [0, 0.1) is 11.3 Å². The summed E-state index contributed by atoms with van der Waals surface area (Å²) in [7, 11) is 1.68. The maximum Gasteiger partial charge on any atom is 0.246 e. The third kappa shape index (κ3) is 4.58. The summed E-state index contributed by atoms with van der Waals surface area (Å²) in [5.41, 5.74) is 1.47. The predicted octanol–water partition coefficient (Wildman–Crippen LogP) is 1.72. The minimum Gasteiger partial charge on any atom is -0.495 e. The molecule has 0 radical (unpaired) electrons. The molecule has 2 atom stereocenters. The Balaban J connectivity index is 1.25. The summed E-state index contributed by atoms with van der Waals surface area (Å²) in [4.78, 5) is 16.4. The average Bonchev–Trinajstić information content (AvgIpc) is 3.13. The lowest BCUT2D eigenvalue weighted by molar-refractivity contribution is 0.0662. The molecule has 0 bridgehead atoms. The number of carbonyl (C=O) groups is 1. The van der Waals surface area contributed by atoms with E-state index >= 15 is 0 Å². The van der Waals surface area contributed by atoms with E-state index in [2.05, 4.69) is 15.9 Å². The lowest BCUT2D eigenvalue weighted by Gasteiger charge is -2.37. The molecular formula is C23H25N3O5. The molecule has 8 heteroatoms. The third-order valence-electron chi connectivity index (χ3n) is 5.53. The first-order chi connectivity index (χ1) is 15.1. The van der Waals surface area contributed by atoms with Crippen LogP contribution in [0.4, 0.5) is 5.69 Å². The van der Waals surface area contributed by atoms with Crippen LogP contribution in [-0.2, 0) is 0 Å². The number of benzene rings is 2. The van der Waals surface area contributed by atoms with E-state index in [1.54, 1.807) is 25.3 Å². The normalized spacial score (nSPS) is 19.3. The number of aliphatic hydroxyl groups is 1. The fourth-order valence-electron chi connectivity index (χ4n) is 3.91. The van der Waals surface area contributed by atoms with Gasteiger partial charge in [-0.1, -0.05) is 12.1 Å². The number of methoxy groups -OCH3 is 1. The first kappa shape index (κ1) is 21.0. The van der Waals surface area contributed by atoms with Gasteiger partial charge in [0, 0.05) is 38.8 Å². The van der Waals surface area contributed by atoms with Gasteiger partial charge in [0.2, 0.25) is 11.9 Å². The molecule has 0 amide bonds. The first-order valence-corrected chi connectivity index (χ1v) is 10.2. The van der Waals surface area contributed by atoms with Crippen LogP contribution in [0.5, 0.6) is 17.2 Å². The van der Waals surface area contributed by atoms with Gasteiger partial charge in [-0.15, -0.1) is 0 Å². The van der Waals surface area contributed by atoms with Crippen molar-refractivity contribution in [2.45, 2.75) is 12.2 Å². The van der Waals surface area contributed by atoms with Gasteiger partial charge in [0.05, 0.1) is 18.4 Å². The molecule has 0 aliphatic carbocycles. The summed E-state index contributed by atoms with van der Waals surface area (Å²) >= 11 is 0. The lowest BCUT2D eigenvalue weighted by atomic mass is 10.1. The Kier molecular flexibility index (Phi) is 6.26. The second kappa shape index (κ2) is 9.25. The van der Waals surface area contributed by atoms with Crippen LogP contribution in [0.2, 0.25) is 0 Å². The summed E-state index contributed by atoms with van der Waals surface area (Å²) in [5, 5.41) is 19.4. The van der Waals surface area contributed by atoms with E-state index in [1.165, 1.54) is 0 Å². The predicted molar refractivity (Wildman–Crippen MR) is 114 cm³/mol. The molecule has 4 rings (SSSR count). The molecular weight excluding hydrogens is 398 g/mol. The van der Waals surface area contributed by atoms with Crippen LogP contribution >= 0.6 is 0 Å². The van der Waals surface area contributed by atoms with Crippen molar-refractivity contribution in [3.8, 4) is 23.3 Å². The number of nitrogens with zero attached hydrogens (tertiary/aromatic N) is 3. The zero-order valence-electron chi connectivity index (χ0n) is 17.4. The number of ketones is 1. The highest BCUT2D eigenvalue weighted by molar-refractivity contribution is 6.06. The quantitative estimate of drug-likeness (QED) is 0.719. The molecule has 2 heterocycles. The number of nitriles is 1. The SMILES string of the molecule is COc1ccccc1N1CCN(CC(O)COc2ccc3c(c2)OC(C#N)C3=O)CC1. The van der Waals surface area contributed by atoms with E-state index in [1.807, 2.05) is 24.3 Å². The third-order valence-corrected chi connectivity index (χ3v) is 5.53. The van der Waals surface area contributed by atoms with Crippen molar-refractivity contribution >= 4 is 11.5 Å². The second-order valence-corrected chi connectivity index (χ2v) is 7.57. The number of hydrogen-bond acceptors (Lipinski definition) is 8. The average molecular weight is 423 g/mol. The van der Waals surface area contributed by atoms with Gasteiger partial charge in [0.25, 0.3) is 0 Å².